The standard InChI is InChI=1S/C12H18O2S2/c13-8-12(14)10-16-7-6-15-9-11-4-2-1-3-5-11/h1-5,12-14H,6-10H2. The van der Waals surface area contributed by atoms with E-state index in [1.54, 1.807) is 11.8 Å². The second kappa shape index (κ2) is 8.93. The molecule has 0 saturated heterocycles. The van der Waals surface area contributed by atoms with Crippen LogP contribution in [0.4, 0.5) is 0 Å². The van der Waals surface area contributed by atoms with Gasteiger partial charge in [0.05, 0.1) is 12.7 Å². The smallest absolute Gasteiger partial charge is 0.0861 e. The van der Waals surface area contributed by atoms with Gasteiger partial charge in [0.1, 0.15) is 0 Å². The Bertz CT molecular complexity index is 267. The van der Waals surface area contributed by atoms with Gasteiger partial charge in [-0.3, -0.25) is 0 Å². The SMILES string of the molecule is OCC(O)CSCCSCc1ccccc1. The second-order valence-corrected chi connectivity index (χ2v) is 5.70. The number of hydrogen-bond acceptors (Lipinski definition) is 4. The van der Waals surface area contributed by atoms with Crippen molar-refractivity contribution in [3.8, 4) is 0 Å². The Balaban J connectivity index is 1.96. The topological polar surface area (TPSA) is 40.5 Å². The van der Waals surface area contributed by atoms with Crippen LogP contribution in [-0.4, -0.2) is 40.2 Å². The van der Waals surface area contributed by atoms with Crippen molar-refractivity contribution in [1.29, 1.82) is 0 Å². The van der Waals surface area contributed by atoms with E-state index in [0.29, 0.717) is 5.75 Å². The van der Waals surface area contributed by atoms with Crippen LogP contribution in [0.15, 0.2) is 30.3 Å². The molecule has 16 heavy (non-hydrogen) atoms. The Morgan fingerprint density at radius 2 is 1.75 bits per heavy atom. The third-order valence-corrected chi connectivity index (χ3v) is 4.41. The van der Waals surface area contributed by atoms with Crippen LogP contribution in [0.1, 0.15) is 5.56 Å². The molecule has 0 aliphatic heterocycles. The van der Waals surface area contributed by atoms with E-state index in [9.17, 15) is 0 Å². The summed E-state index contributed by atoms with van der Waals surface area (Å²) in [5, 5.41) is 17.7. The van der Waals surface area contributed by atoms with E-state index in [-0.39, 0.29) is 6.61 Å². The number of aliphatic hydroxyl groups excluding tert-OH is 2. The maximum absolute atomic E-state index is 9.11. The minimum absolute atomic E-state index is 0.135. The van der Waals surface area contributed by atoms with Crippen LogP contribution in [0.25, 0.3) is 0 Å². The molecule has 2 N–H and O–H groups in total. The summed E-state index contributed by atoms with van der Waals surface area (Å²) in [5.41, 5.74) is 1.35. The molecule has 0 fully saturated rings. The van der Waals surface area contributed by atoms with Gasteiger partial charge in [-0.1, -0.05) is 30.3 Å². The Hall–Kier alpha value is -0.160. The van der Waals surface area contributed by atoms with Crippen molar-refractivity contribution < 1.29 is 10.2 Å². The minimum atomic E-state index is -0.566. The molecule has 0 aliphatic carbocycles. The van der Waals surface area contributed by atoms with E-state index >= 15 is 0 Å². The van der Waals surface area contributed by atoms with Crippen molar-refractivity contribution in [2.24, 2.45) is 0 Å². The molecule has 0 radical (unpaired) electrons. The van der Waals surface area contributed by atoms with Gasteiger partial charge in [0.15, 0.2) is 0 Å². The van der Waals surface area contributed by atoms with Crippen molar-refractivity contribution in [3.63, 3.8) is 0 Å². The Morgan fingerprint density at radius 3 is 2.44 bits per heavy atom. The molecule has 1 unspecified atom stereocenters. The summed E-state index contributed by atoms with van der Waals surface area (Å²) in [7, 11) is 0. The van der Waals surface area contributed by atoms with E-state index < -0.39 is 6.10 Å². The lowest BCUT2D eigenvalue weighted by atomic mass is 10.2. The molecule has 0 bridgehead atoms. The molecule has 1 rings (SSSR count). The average molecular weight is 258 g/mol. The molecule has 1 atom stereocenters. The summed E-state index contributed by atoms with van der Waals surface area (Å²) in [6.45, 7) is -0.135. The first-order valence-corrected chi connectivity index (χ1v) is 7.62. The molecule has 4 heteroatoms. The van der Waals surface area contributed by atoms with Gasteiger partial charge in [0.25, 0.3) is 0 Å². The summed E-state index contributed by atoms with van der Waals surface area (Å²) in [5.74, 6) is 3.78. The van der Waals surface area contributed by atoms with E-state index in [0.717, 1.165) is 17.3 Å². The zero-order chi connectivity index (χ0) is 11.6. The van der Waals surface area contributed by atoms with Crippen LogP contribution in [-0.2, 0) is 5.75 Å². The van der Waals surface area contributed by atoms with Gasteiger partial charge in [0.2, 0.25) is 0 Å². The van der Waals surface area contributed by atoms with E-state index in [1.807, 2.05) is 17.8 Å². The fourth-order valence-electron chi connectivity index (χ4n) is 1.15. The van der Waals surface area contributed by atoms with Gasteiger partial charge in [-0.05, 0) is 5.56 Å². The van der Waals surface area contributed by atoms with Crippen molar-refractivity contribution in [3.05, 3.63) is 35.9 Å². The van der Waals surface area contributed by atoms with Crippen molar-refractivity contribution >= 4 is 23.5 Å². The lowest BCUT2D eigenvalue weighted by Crippen LogP contribution is -2.15. The van der Waals surface area contributed by atoms with Crippen LogP contribution >= 0.6 is 23.5 Å². The Kier molecular flexibility index (Phi) is 7.76. The number of thioether (sulfide) groups is 2. The minimum Gasteiger partial charge on any atom is -0.394 e. The third kappa shape index (κ3) is 6.43. The molecule has 90 valence electrons. The zero-order valence-electron chi connectivity index (χ0n) is 9.21. The molecule has 0 aromatic heterocycles. The Labute approximate surface area is 105 Å². The highest BCUT2D eigenvalue weighted by atomic mass is 32.2. The summed E-state index contributed by atoms with van der Waals surface area (Å²) < 4.78 is 0. The van der Waals surface area contributed by atoms with Gasteiger partial charge in [0, 0.05) is 23.0 Å². The third-order valence-electron chi connectivity index (χ3n) is 2.00. The number of benzene rings is 1. The predicted molar refractivity (Wildman–Crippen MR) is 73.0 cm³/mol. The van der Waals surface area contributed by atoms with Crippen LogP contribution in [0, 0.1) is 0 Å². The summed E-state index contributed by atoms with van der Waals surface area (Å²) in [6.07, 6.45) is -0.566. The molecule has 0 saturated carbocycles. The summed E-state index contributed by atoms with van der Waals surface area (Å²) >= 11 is 3.59. The first-order valence-electron chi connectivity index (χ1n) is 5.31. The fourth-order valence-corrected chi connectivity index (χ4v) is 3.21. The number of aliphatic hydroxyl groups is 2. The van der Waals surface area contributed by atoms with Crippen LogP contribution in [0.3, 0.4) is 0 Å². The maximum Gasteiger partial charge on any atom is 0.0861 e. The molecule has 0 amide bonds. The number of rotatable bonds is 8. The Morgan fingerprint density at radius 1 is 1.06 bits per heavy atom. The van der Waals surface area contributed by atoms with Crippen LogP contribution in [0.2, 0.25) is 0 Å². The quantitative estimate of drug-likeness (QED) is 0.700. The van der Waals surface area contributed by atoms with Crippen LogP contribution < -0.4 is 0 Å². The first-order chi connectivity index (χ1) is 7.83. The average Bonchev–Trinajstić information content (AvgIpc) is 2.34. The van der Waals surface area contributed by atoms with Gasteiger partial charge in [-0.25, -0.2) is 0 Å². The maximum atomic E-state index is 9.11. The highest BCUT2D eigenvalue weighted by Gasteiger charge is 2.00. The van der Waals surface area contributed by atoms with Crippen molar-refractivity contribution in [1.82, 2.24) is 0 Å². The van der Waals surface area contributed by atoms with E-state index in [4.69, 9.17) is 10.2 Å². The normalized spacial score (nSPS) is 12.6. The molecular formula is C12H18O2S2. The van der Waals surface area contributed by atoms with Gasteiger partial charge in [-0.2, -0.15) is 23.5 Å². The highest BCUT2D eigenvalue weighted by Crippen LogP contribution is 2.14. The zero-order valence-corrected chi connectivity index (χ0v) is 10.8. The molecule has 0 heterocycles. The molecule has 0 aliphatic rings. The predicted octanol–water partition coefficient (Wildman–Crippen LogP) is 2.01. The highest BCUT2D eigenvalue weighted by molar-refractivity contribution is 8.02. The first kappa shape index (κ1) is 13.9. The molecule has 2 nitrogen and oxygen atoms in total. The van der Waals surface area contributed by atoms with E-state index in [2.05, 4.69) is 24.3 Å². The van der Waals surface area contributed by atoms with Crippen LogP contribution in [0.5, 0.6) is 0 Å². The lowest BCUT2D eigenvalue weighted by molar-refractivity contribution is 0.113. The lowest BCUT2D eigenvalue weighted by Gasteiger charge is -2.06. The van der Waals surface area contributed by atoms with Crippen molar-refractivity contribution in [2.75, 3.05) is 23.9 Å². The summed E-state index contributed by atoms with van der Waals surface area (Å²) in [6, 6.07) is 10.4. The molecule has 0 spiro atoms. The molecule has 1 aromatic carbocycles. The second-order valence-electron chi connectivity index (χ2n) is 3.45. The molecular weight excluding hydrogens is 240 g/mol. The molecule has 1 aromatic rings. The van der Waals surface area contributed by atoms with E-state index in [1.165, 1.54) is 5.56 Å². The van der Waals surface area contributed by atoms with Gasteiger partial charge >= 0.3 is 0 Å². The number of hydrogen-bond donors (Lipinski definition) is 2. The fraction of sp³-hybridized carbons (Fsp3) is 0.500. The largest absolute Gasteiger partial charge is 0.394 e. The van der Waals surface area contributed by atoms with Gasteiger partial charge < -0.3 is 10.2 Å². The monoisotopic (exact) mass is 258 g/mol. The van der Waals surface area contributed by atoms with Crippen molar-refractivity contribution in [2.45, 2.75) is 11.9 Å². The van der Waals surface area contributed by atoms with Gasteiger partial charge in [-0.15, -0.1) is 0 Å². The summed E-state index contributed by atoms with van der Waals surface area (Å²) in [4.78, 5) is 0.